The van der Waals surface area contributed by atoms with Gasteiger partial charge in [-0.05, 0) is 31.0 Å². The number of amides is 1. The van der Waals surface area contributed by atoms with Crippen molar-refractivity contribution in [2.45, 2.75) is 191 Å². The molecule has 7 atom stereocenters. The van der Waals surface area contributed by atoms with Gasteiger partial charge in [0, 0.05) is 26.2 Å². The minimum atomic E-state index is -3.93. The zero-order chi connectivity index (χ0) is 39.6. The van der Waals surface area contributed by atoms with Gasteiger partial charge in [0.15, 0.2) is 29.9 Å². The van der Waals surface area contributed by atoms with Crippen LogP contribution in [-0.2, 0) is 42.7 Å². The molecule has 1 N–H and O–H groups in total. The Hall–Kier alpha value is -1.38. The number of hydrogen-bond donors (Lipinski definition) is 1. The van der Waals surface area contributed by atoms with E-state index in [2.05, 4.69) is 46.1 Å². The summed E-state index contributed by atoms with van der Waals surface area (Å²) >= 11 is 0. The number of ether oxygens (including phenoxy) is 5. The highest BCUT2D eigenvalue weighted by Crippen LogP contribution is 2.42. The second-order valence-electron chi connectivity index (χ2n) is 17.0. The van der Waals surface area contributed by atoms with Crippen LogP contribution in [0.3, 0.4) is 0 Å². The summed E-state index contributed by atoms with van der Waals surface area (Å²) in [6.45, 7) is 15.3. The smallest absolute Gasteiger partial charge is 0.217 e. The van der Waals surface area contributed by atoms with E-state index in [-0.39, 0.29) is 29.7 Å². The average molecular weight is 798 g/mol. The van der Waals surface area contributed by atoms with Crippen LogP contribution in [0.25, 0.3) is 0 Å². The van der Waals surface area contributed by atoms with Gasteiger partial charge >= 0.3 is 0 Å². The Bertz CT molecular complexity index is 1290. The maximum Gasteiger partial charge on any atom is 0.217 e. The van der Waals surface area contributed by atoms with Crippen molar-refractivity contribution in [2.75, 3.05) is 32.7 Å². The second-order valence-corrected chi connectivity index (χ2v) is 23.9. The molecular weight excluding hydrogens is 723 g/mol. The summed E-state index contributed by atoms with van der Waals surface area (Å²) in [4.78, 5) is 12.7. The lowest BCUT2D eigenvalue weighted by molar-refractivity contribution is -0.305. The molecule has 0 saturated carbocycles. The van der Waals surface area contributed by atoms with Gasteiger partial charge in [0.05, 0.1) is 37.2 Å². The fraction of sp³-hybridized carbons (Fsp3) is 0.833. The van der Waals surface area contributed by atoms with E-state index in [1.54, 1.807) is 7.11 Å². The van der Waals surface area contributed by atoms with Crippen molar-refractivity contribution >= 4 is 24.1 Å². The summed E-state index contributed by atoms with van der Waals surface area (Å²) < 4.78 is 65.9. The molecular formula is C42H75NO9SSi. The minimum Gasteiger partial charge on any atom is -0.409 e. The highest BCUT2D eigenvalue weighted by molar-refractivity contribution is 7.91. The number of benzene rings is 1. The maximum atomic E-state index is 14.2. The molecule has 1 aromatic carbocycles. The van der Waals surface area contributed by atoms with Crippen LogP contribution in [0.2, 0.25) is 18.1 Å². The third kappa shape index (κ3) is 15.5. The molecule has 3 unspecified atom stereocenters. The Balaban J connectivity index is 1.53. The van der Waals surface area contributed by atoms with Crippen molar-refractivity contribution in [3.63, 3.8) is 0 Å². The topological polar surface area (TPSA) is 119 Å². The van der Waals surface area contributed by atoms with Crippen LogP contribution in [0, 0.1) is 0 Å². The molecule has 12 heteroatoms. The fourth-order valence-corrected chi connectivity index (χ4v) is 10.1. The predicted molar refractivity (Wildman–Crippen MR) is 219 cm³/mol. The Kier molecular flexibility index (Phi) is 20.7. The first-order valence-electron chi connectivity index (χ1n) is 20.9. The van der Waals surface area contributed by atoms with Crippen LogP contribution in [0.1, 0.15) is 143 Å². The zero-order valence-corrected chi connectivity index (χ0v) is 36.8. The molecule has 0 radical (unpaired) electrons. The van der Waals surface area contributed by atoms with Gasteiger partial charge in [0.1, 0.15) is 12.2 Å². The molecule has 2 saturated heterocycles. The van der Waals surface area contributed by atoms with Gasteiger partial charge in [0.25, 0.3) is 0 Å². The lowest BCUT2D eigenvalue weighted by Crippen LogP contribution is -2.70. The van der Waals surface area contributed by atoms with Crippen LogP contribution < -0.4 is 5.32 Å². The molecule has 0 bridgehead atoms. The molecule has 1 amide bonds. The Morgan fingerprint density at radius 3 is 2.02 bits per heavy atom. The van der Waals surface area contributed by atoms with Crippen molar-refractivity contribution in [2.24, 2.45) is 0 Å². The van der Waals surface area contributed by atoms with Gasteiger partial charge in [-0.25, -0.2) is 8.42 Å². The lowest BCUT2D eigenvalue weighted by Gasteiger charge is -2.52. The van der Waals surface area contributed by atoms with E-state index in [9.17, 15) is 13.2 Å². The number of carbonyl (C=O) groups excluding carboxylic acids is 1. The number of fused-ring (bicyclic) bond motifs is 1. The quantitative estimate of drug-likeness (QED) is 0.0724. The molecule has 3 rings (SSSR count). The van der Waals surface area contributed by atoms with Crippen LogP contribution in [-0.4, -0.2) is 91.2 Å². The number of hydrogen-bond acceptors (Lipinski definition) is 9. The Morgan fingerprint density at radius 2 is 1.48 bits per heavy atom. The summed E-state index contributed by atoms with van der Waals surface area (Å²) in [6, 6.07) is 8.61. The van der Waals surface area contributed by atoms with Crippen LogP contribution in [0.15, 0.2) is 30.3 Å². The van der Waals surface area contributed by atoms with E-state index in [1.807, 2.05) is 30.3 Å². The van der Waals surface area contributed by atoms with Gasteiger partial charge < -0.3 is 33.4 Å². The van der Waals surface area contributed by atoms with Crippen molar-refractivity contribution in [3.05, 3.63) is 35.9 Å². The highest BCUT2D eigenvalue weighted by atomic mass is 32.2. The molecule has 10 nitrogen and oxygen atoms in total. The summed E-state index contributed by atoms with van der Waals surface area (Å²) in [7, 11) is -4.85. The molecule has 0 spiro atoms. The van der Waals surface area contributed by atoms with Gasteiger partial charge in [0.2, 0.25) is 5.91 Å². The van der Waals surface area contributed by atoms with Crippen LogP contribution in [0.4, 0.5) is 0 Å². The third-order valence-electron chi connectivity index (χ3n) is 11.4. The van der Waals surface area contributed by atoms with Gasteiger partial charge in [-0.1, -0.05) is 141 Å². The predicted octanol–water partition coefficient (Wildman–Crippen LogP) is 9.04. The first-order chi connectivity index (χ1) is 25.7. The number of methoxy groups -OCH3 is 1. The SMILES string of the molecule is CCCCCCCCCCCCCCCCOC[C@H](CCS(=O)(=O)[C@@H]1OC2COC(c3ccccc3)O[C@H]2[C@H](O[Si](C)(C)C(C)(C)C)C1NC(C)=O)OC. The normalized spacial score (nSPS) is 24.2. The molecule has 54 heavy (non-hydrogen) atoms. The second kappa shape index (κ2) is 23.8. The van der Waals surface area contributed by atoms with Crippen molar-refractivity contribution in [1.82, 2.24) is 5.32 Å². The van der Waals surface area contributed by atoms with E-state index in [0.29, 0.717) is 13.2 Å². The Labute approximate surface area is 329 Å². The summed E-state index contributed by atoms with van der Waals surface area (Å²) in [5.41, 5.74) is -0.517. The van der Waals surface area contributed by atoms with Gasteiger partial charge in [-0.2, -0.15) is 0 Å². The molecule has 0 aromatic heterocycles. The molecule has 0 aliphatic carbocycles. The van der Waals surface area contributed by atoms with Crippen LogP contribution in [0.5, 0.6) is 0 Å². The molecule has 2 fully saturated rings. The number of sulfone groups is 1. The molecule has 2 heterocycles. The monoisotopic (exact) mass is 797 g/mol. The summed E-state index contributed by atoms with van der Waals surface area (Å²) in [5.74, 6) is -0.572. The van der Waals surface area contributed by atoms with E-state index in [1.165, 1.54) is 84.0 Å². The molecule has 1 aromatic rings. The average Bonchev–Trinajstić information content (AvgIpc) is 3.12. The van der Waals surface area contributed by atoms with Crippen molar-refractivity contribution in [1.29, 1.82) is 0 Å². The summed E-state index contributed by atoms with van der Waals surface area (Å²) in [6.07, 6.45) is 15.2. The first-order valence-corrected chi connectivity index (χ1v) is 25.6. The first kappa shape index (κ1) is 47.0. The zero-order valence-electron chi connectivity index (χ0n) is 34.9. The largest absolute Gasteiger partial charge is 0.409 e. The van der Waals surface area contributed by atoms with Crippen molar-refractivity contribution in [3.8, 4) is 0 Å². The standard InChI is InChI=1S/C42H75NO9SSi/c1-9-10-11-12-13-14-15-16-17-18-19-20-21-25-29-48-31-35(47-6)28-30-53(45,46)41-37(43-33(2)44)39(52-54(7,8)42(3,4)5)38-36(50-41)32-49-40(51-38)34-26-23-22-24-27-34/h22-24,26-27,35-41H,9-21,25,28-32H2,1-8H3,(H,43,44)/t35-,36?,37?,38+,39+,40?,41-/m0/s1. The molecule has 2 aliphatic rings. The highest BCUT2D eigenvalue weighted by Gasteiger charge is 2.56. The van der Waals surface area contributed by atoms with E-state index < -0.39 is 60.3 Å². The number of unbranched alkanes of at least 4 members (excludes halogenated alkanes) is 13. The maximum absolute atomic E-state index is 14.2. The van der Waals surface area contributed by atoms with Crippen molar-refractivity contribution < 1.29 is 41.3 Å². The summed E-state index contributed by atoms with van der Waals surface area (Å²) in [5, 5.41) is 2.73. The molecule has 2 aliphatic heterocycles. The van der Waals surface area contributed by atoms with E-state index in [0.717, 1.165) is 18.4 Å². The van der Waals surface area contributed by atoms with Gasteiger partial charge in [-0.15, -0.1) is 0 Å². The third-order valence-corrected chi connectivity index (χ3v) is 17.8. The lowest BCUT2D eigenvalue weighted by atomic mass is 9.96. The number of nitrogens with one attached hydrogen (secondary N) is 1. The van der Waals surface area contributed by atoms with E-state index >= 15 is 0 Å². The Morgan fingerprint density at radius 1 is 0.907 bits per heavy atom. The number of rotatable bonds is 26. The van der Waals surface area contributed by atoms with Gasteiger partial charge in [-0.3, -0.25) is 4.79 Å². The number of carbonyl (C=O) groups is 1. The van der Waals surface area contributed by atoms with Crippen LogP contribution >= 0.6 is 0 Å². The molecule has 312 valence electrons. The van der Waals surface area contributed by atoms with E-state index in [4.69, 9.17) is 28.1 Å². The fourth-order valence-electron chi connectivity index (χ4n) is 7.00. The minimum absolute atomic E-state index is 0.119.